The number of alkyl halides is 3. The molecule has 2 aromatic carbocycles. The molecule has 0 radical (unpaired) electrons. The number of ether oxygens (including phenoxy) is 1. The van der Waals surface area contributed by atoms with Crippen LogP contribution >= 0.6 is 11.6 Å². The van der Waals surface area contributed by atoms with Gasteiger partial charge in [0.1, 0.15) is 18.2 Å². The van der Waals surface area contributed by atoms with Crippen molar-refractivity contribution in [3.8, 4) is 5.75 Å². The number of nitrogen functional groups attached to an aromatic ring is 1. The minimum absolute atomic E-state index is 0.0535. The van der Waals surface area contributed by atoms with Gasteiger partial charge in [0.05, 0.1) is 6.54 Å². The maximum absolute atomic E-state index is 12.9. The summed E-state index contributed by atoms with van der Waals surface area (Å²) >= 11 is 5.73. The van der Waals surface area contributed by atoms with Crippen LogP contribution in [0.15, 0.2) is 48.5 Å². The third-order valence-electron chi connectivity index (χ3n) is 3.35. The van der Waals surface area contributed by atoms with E-state index in [-0.39, 0.29) is 24.7 Å². The van der Waals surface area contributed by atoms with Crippen molar-refractivity contribution in [3.05, 3.63) is 59.1 Å². The van der Waals surface area contributed by atoms with E-state index in [9.17, 15) is 18.0 Å². The summed E-state index contributed by atoms with van der Waals surface area (Å²) in [5, 5.41) is 7.70. The molecule has 138 valence electrons. The van der Waals surface area contributed by atoms with E-state index in [4.69, 9.17) is 27.5 Å². The Morgan fingerprint density at radius 1 is 1.19 bits per heavy atom. The summed E-state index contributed by atoms with van der Waals surface area (Å²) in [5.41, 5.74) is 5.85. The zero-order valence-electron chi connectivity index (χ0n) is 13.4. The predicted octanol–water partition coefficient (Wildman–Crippen LogP) is 3.60. The van der Waals surface area contributed by atoms with E-state index in [0.29, 0.717) is 21.2 Å². The van der Waals surface area contributed by atoms with Crippen LogP contribution in [0, 0.1) is 5.41 Å². The van der Waals surface area contributed by atoms with Crippen LogP contribution in [0.4, 0.5) is 18.9 Å². The van der Waals surface area contributed by atoms with Gasteiger partial charge in [0, 0.05) is 16.3 Å². The number of nitrogens with two attached hydrogens (primary N) is 1. The first-order valence-corrected chi connectivity index (χ1v) is 7.78. The number of amides is 1. The number of anilines is 1. The number of hydrogen-bond donors (Lipinski definition) is 2. The molecule has 0 unspecified atom stereocenters. The van der Waals surface area contributed by atoms with Crippen molar-refractivity contribution in [2.24, 2.45) is 5.73 Å². The number of nitrogens with zero attached hydrogens (tertiary/aromatic N) is 1. The van der Waals surface area contributed by atoms with Crippen LogP contribution in [0.25, 0.3) is 0 Å². The van der Waals surface area contributed by atoms with Crippen molar-refractivity contribution in [3.63, 3.8) is 0 Å². The van der Waals surface area contributed by atoms with Crippen molar-refractivity contribution in [2.45, 2.75) is 6.18 Å². The fourth-order valence-corrected chi connectivity index (χ4v) is 2.26. The summed E-state index contributed by atoms with van der Waals surface area (Å²) in [7, 11) is 0. The SMILES string of the molecule is N=C(N)c1cccc(OCCN(C(=O)C(F)(F)F)c2ccc(Cl)cc2)c1. The Kier molecular flexibility index (Phi) is 6.10. The molecular weight excluding hydrogens is 371 g/mol. The van der Waals surface area contributed by atoms with Crippen molar-refractivity contribution >= 4 is 29.0 Å². The molecular formula is C17H15ClF3N3O2. The number of carbonyl (C=O) groups is 1. The molecule has 0 spiro atoms. The number of nitrogens with one attached hydrogen (secondary N) is 1. The van der Waals surface area contributed by atoms with Crippen LogP contribution in [0.1, 0.15) is 5.56 Å². The monoisotopic (exact) mass is 385 g/mol. The zero-order valence-corrected chi connectivity index (χ0v) is 14.1. The number of amidine groups is 1. The van der Waals surface area contributed by atoms with Gasteiger partial charge in [-0.2, -0.15) is 13.2 Å². The summed E-state index contributed by atoms with van der Waals surface area (Å²) in [5.74, 6) is -1.83. The molecule has 0 saturated heterocycles. The smallest absolute Gasteiger partial charge is 0.471 e. The molecule has 0 aliphatic carbocycles. The van der Waals surface area contributed by atoms with Gasteiger partial charge in [0.25, 0.3) is 0 Å². The molecule has 5 nitrogen and oxygen atoms in total. The number of carbonyl (C=O) groups excluding carboxylic acids is 1. The normalized spacial score (nSPS) is 11.1. The second kappa shape index (κ2) is 8.09. The first-order valence-electron chi connectivity index (χ1n) is 7.40. The van der Waals surface area contributed by atoms with Crippen LogP contribution < -0.4 is 15.4 Å². The zero-order chi connectivity index (χ0) is 19.3. The molecule has 2 aromatic rings. The molecule has 3 N–H and O–H groups in total. The van der Waals surface area contributed by atoms with Gasteiger partial charge in [0.15, 0.2) is 0 Å². The Morgan fingerprint density at radius 3 is 2.42 bits per heavy atom. The van der Waals surface area contributed by atoms with Crippen LogP contribution in [-0.4, -0.2) is 31.1 Å². The first kappa shape index (κ1) is 19.6. The molecule has 26 heavy (non-hydrogen) atoms. The fourth-order valence-electron chi connectivity index (χ4n) is 2.13. The van der Waals surface area contributed by atoms with E-state index in [1.165, 1.54) is 30.3 Å². The third-order valence-corrected chi connectivity index (χ3v) is 3.61. The molecule has 0 aliphatic heterocycles. The first-order chi connectivity index (χ1) is 12.2. The Bertz CT molecular complexity index is 795. The molecule has 9 heteroatoms. The second-order valence-electron chi connectivity index (χ2n) is 5.22. The summed E-state index contributed by atoms with van der Waals surface area (Å²) in [4.78, 5) is 12.3. The van der Waals surface area contributed by atoms with Crippen LogP contribution in [-0.2, 0) is 4.79 Å². The van der Waals surface area contributed by atoms with Crippen molar-refractivity contribution in [1.29, 1.82) is 5.41 Å². The minimum Gasteiger partial charge on any atom is -0.492 e. The lowest BCUT2D eigenvalue weighted by Crippen LogP contribution is -2.43. The number of halogens is 4. The lowest BCUT2D eigenvalue weighted by molar-refractivity contribution is -0.170. The quantitative estimate of drug-likeness (QED) is 0.589. The number of benzene rings is 2. The second-order valence-corrected chi connectivity index (χ2v) is 5.66. The summed E-state index contributed by atoms with van der Waals surface area (Å²) in [6, 6.07) is 11.7. The molecule has 1 amide bonds. The Balaban J connectivity index is 2.12. The number of hydrogen-bond acceptors (Lipinski definition) is 3. The minimum atomic E-state index is -5.02. The van der Waals surface area contributed by atoms with E-state index in [1.807, 2.05) is 0 Å². The molecule has 0 aliphatic rings. The van der Waals surface area contributed by atoms with Gasteiger partial charge in [-0.3, -0.25) is 10.2 Å². The van der Waals surface area contributed by atoms with Crippen molar-refractivity contribution in [1.82, 2.24) is 0 Å². The topological polar surface area (TPSA) is 79.4 Å². The van der Waals surface area contributed by atoms with E-state index < -0.39 is 12.1 Å². The predicted molar refractivity (Wildman–Crippen MR) is 92.8 cm³/mol. The van der Waals surface area contributed by atoms with Gasteiger partial charge in [-0.25, -0.2) is 0 Å². The summed E-state index contributed by atoms with van der Waals surface area (Å²) in [6.45, 7) is -0.518. The average Bonchev–Trinajstić information content (AvgIpc) is 2.58. The molecule has 0 bridgehead atoms. The highest BCUT2D eigenvalue weighted by atomic mass is 35.5. The lowest BCUT2D eigenvalue weighted by Gasteiger charge is -2.24. The molecule has 0 fully saturated rings. The maximum Gasteiger partial charge on any atom is 0.471 e. The average molecular weight is 386 g/mol. The lowest BCUT2D eigenvalue weighted by atomic mass is 10.2. The Morgan fingerprint density at radius 2 is 1.85 bits per heavy atom. The standard InChI is InChI=1S/C17H15ClF3N3O2/c18-12-4-6-13(7-5-12)24(16(25)17(19,20)21)8-9-26-14-3-1-2-11(10-14)15(22)23/h1-7,10H,8-9H2,(H3,22,23). The van der Waals surface area contributed by atoms with Gasteiger partial charge in [0.2, 0.25) is 0 Å². The summed E-state index contributed by atoms with van der Waals surface area (Å²) < 4.78 is 44.0. The highest BCUT2D eigenvalue weighted by Gasteiger charge is 2.43. The van der Waals surface area contributed by atoms with Gasteiger partial charge in [-0.1, -0.05) is 23.7 Å². The van der Waals surface area contributed by atoms with E-state index in [0.717, 1.165) is 0 Å². The highest BCUT2D eigenvalue weighted by molar-refractivity contribution is 6.30. The third kappa shape index (κ3) is 5.13. The molecule has 0 atom stereocenters. The Hall–Kier alpha value is -2.74. The highest BCUT2D eigenvalue weighted by Crippen LogP contribution is 2.25. The Labute approximate surface area is 152 Å². The van der Waals surface area contributed by atoms with Gasteiger partial charge < -0.3 is 15.4 Å². The van der Waals surface area contributed by atoms with Gasteiger partial charge in [-0.15, -0.1) is 0 Å². The molecule has 0 aromatic heterocycles. The fraction of sp³-hybridized carbons (Fsp3) is 0.176. The molecule has 0 heterocycles. The number of rotatable bonds is 6. The van der Waals surface area contributed by atoms with E-state index in [1.54, 1.807) is 18.2 Å². The molecule has 0 saturated carbocycles. The van der Waals surface area contributed by atoms with Crippen molar-refractivity contribution < 1.29 is 22.7 Å². The van der Waals surface area contributed by atoms with E-state index in [2.05, 4.69) is 0 Å². The maximum atomic E-state index is 12.9. The van der Waals surface area contributed by atoms with Crippen molar-refractivity contribution in [2.75, 3.05) is 18.1 Å². The van der Waals surface area contributed by atoms with Crippen LogP contribution in [0.3, 0.4) is 0 Å². The van der Waals surface area contributed by atoms with Gasteiger partial charge in [-0.05, 0) is 36.4 Å². The summed E-state index contributed by atoms with van der Waals surface area (Å²) in [6.07, 6.45) is -5.02. The molecule has 2 rings (SSSR count). The van der Waals surface area contributed by atoms with E-state index >= 15 is 0 Å². The van der Waals surface area contributed by atoms with Crippen LogP contribution in [0.5, 0.6) is 5.75 Å². The van der Waals surface area contributed by atoms with Crippen LogP contribution in [0.2, 0.25) is 5.02 Å². The largest absolute Gasteiger partial charge is 0.492 e. The van der Waals surface area contributed by atoms with Gasteiger partial charge >= 0.3 is 12.1 Å².